The molecule has 0 N–H and O–H groups in total. The predicted octanol–water partition coefficient (Wildman–Crippen LogP) is 5.11. The lowest BCUT2D eigenvalue weighted by Crippen LogP contribution is -2.41. The van der Waals surface area contributed by atoms with Crippen LogP contribution in [0, 0.1) is 11.3 Å². The second-order valence-corrected chi connectivity index (χ2v) is 9.86. The van der Waals surface area contributed by atoms with E-state index in [0.29, 0.717) is 39.6 Å². The van der Waals surface area contributed by atoms with E-state index in [9.17, 15) is 9.59 Å². The lowest BCUT2D eigenvalue weighted by atomic mass is 9.78. The van der Waals surface area contributed by atoms with Crippen LogP contribution in [0.4, 0.5) is 0 Å². The zero-order valence-electron chi connectivity index (χ0n) is 21.9. The number of nitrogens with zero attached hydrogens (tertiary/aromatic N) is 1. The number of ether oxygens (including phenoxy) is 3. The van der Waals surface area contributed by atoms with Crippen LogP contribution in [0.25, 0.3) is 0 Å². The minimum atomic E-state index is -0.729. The van der Waals surface area contributed by atoms with Crippen molar-refractivity contribution in [3.63, 3.8) is 0 Å². The molecule has 3 aromatic rings. The molecule has 9 heteroatoms. The number of hydrogen-bond acceptors (Lipinski definition) is 8. The molecule has 1 aliphatic heterocycles. The van der Waals surface area contributed by atoms with Crippen LogP contribution in [-0.2, 0) is 25.3 Å². The summed E-state index contributed by atoms with van der Waals surface area (Å²) in [6.45, 7) is 9.09. The second-order valence-electron chi connectivity index (χ2n) is 9.86. The van der Waals surface area contributed by atoms with Crippen molar-refractivity contribution in [1.82, 2.24) is 0 Å². The lowest BCUT2D eigenvalue weighted by Gasteiger charge is -2.32. The third kappa shape index (κ3) is 5.88. The summed E-state index contributed by atoms with van der Waals surface area (Å²) in [5, 5.41) is 8.96. The van der Waals surface area contributed by atoms with Crippen LogP contribution in [0.5, 0.6) is 28.7 Å². The summed E-state index contributed by atoms with van der Waals surface area (Å²) in [5.41, 5.74) is 0.568. The minimum absolute atomic E-state index is 0.0999. The Hall–Kier alpha value is -4.13. The zero-order valence-corrected chi connectivity index (χ0v) is 21.9. The quantitative estimate of drug-likeness (QED) is 0.177. The fraction of sp³-hybridized carbons (Fsp3) is 0.276. The van der Waals surface area contributed by atoms with Crippen molar-refractivity contribution in [3.8, 4) is 34.8 Å². The maximum atomic E-state index is 11.9. The molecule has 0 unspecified atom stereocenters. The average molecular weight is 513 g/mol. The normalized spacial score (nSPS) is 15.4. The van der Waals surface area contributed by atoms with Gasteiger partial charge in [0.15, 0.2) is 0 Å². The van der Waals surface area contributed by atoms with Crippen molar-refractivity contribution in [2.45, 2.75) is 52.2 Å². The highest BCUT2D eigenvalue weighted by atomic mass is 16.7. The number of esters is 1. The molecule has 8 nitrogen and oxygen atoms in total. The summed E-state index contributed by atoms with van der Waals surface area (Å²) in [4.78, 5) is 23.2. The summed E-state index contributed by atoms with van der Waals surface area (Å²) in [5.74, 6) is 1.67. The van der Waals surface area contributed by atoms with E-state index in [0.717, 1.165) is 6.29 Å². The van der Waals surface area contributed by atoms with Crippen molar-refractivity contribution in [2.24, 2.45) is 0 Å². The Labute approximate surface area is 222 Å². The van der Waals surface area contributed by atoms with Crippen molar-refractivity contribution in [2.75, 3.05) is 0 Å². The van der Waals surface area contributed by atoms with Gasteiger partial charge in [0.25, 0.3) is 0 Å². The van der Waals surface area contributed by atoms with E-state index in [-0.39, 0.29) is 12.2 Å². The molecule has 3 aromatic carbocycles. The molecule has 0 radical (unpaired) electrons. The first kappa shape index (κ1) is 26.9. The van der Waals surface area contributed by atoms with Gasteiger partial charge in [-0.3, -0.25) is 4.79 Å². The molecular formula is C29H28BNO7. The molecule has 0 atom stereocenters. The Morgan fingerprint density at radius 3 is 2.11 bits per heavy atom. The summed E-state index contributed by atoms with van der Waals surface area (Å²) >= 11 is 0. The third-order valence-corrected chi connectivity index (χ3v) is 6.53. The fourth-order valence-corrected chi connectivity index (χ4v) is 3.81. The van der Waals surface area contributed by atoms with E-state index in [1.807, 2.05) is 27.7 Å². The van der Waals surface area contributed by atoms with Crippen LogP contribution >= 0.6 is 0 Å². The van der Waals surface area contributed by atoms with E-state index in [1.165, 1.54) is 6.92 Å². The zero-order chi connectivity index (χ0) is 27.5. The van der Waals surface area contributed by atoms with Crippen molar-refractivity contribution in [3.05, 3.63) is 71.8 Å². The summed E-state index contributed by atoms with van der Waals surface area (Å²) in [6.07, 6.45) is 0.877. The summed E-state index contributed by atoms with van der Waals surface area (Å²) in [6, 6.07) is 18.9. The summed E-state index contributed by atoms with van der Waals surface area (Å²) in [7, 11) is -0.729. The Morgan fingerprint density at radius 2 is 1.50 bits per heavy atom. The number of benzene rings is 3. The highest BCUT2D eigenvalue weighted by Crippen LogP contribution is 2.38. The molecule has 0 bridgehead atoms. The van der Waals surface area contributed by atoms with Crippen LogP contribution in [0.3, 0.4) is 0 Å². The molecule has 0 spiro atoms. The van der Waals surface area contributed by atoms with Gasteiger partial charge in [-0.1, -0.05) is 6.07 Å². The van der Waals surface area contributed by atoms with Gasteiger partial charge < -0.3 is 28.3 Å². The largest absolute Gasteiger partial charge is 0.498 e. The monoisotopic (exact) mass is 513 g/mol. The van der Waals surface area contributed by atoms with Gasteiger partial charge in [-0.25, -0.2) is 0 Å². The Balaban J connectivity index is 1.60. The number of hydrogen-bond donors (Lipinski definition) is 0. The van der Waals surface area contributed by atoms with Crippen LogP contribution in [0.1, 0.15) is 45.7 Å². The number of rotatable bonds is 8. The smallest absolute Gasteiger partial charge is 0.457 e. The van der Waals surface area contributed by atoms with E-state index in [1.54, 1.807) is 60.7 Å². The molecule has 194 valence electrons. The predicted molar refractivity (Wildman–Crippen MR) is 141 cm³/mol. The molecule has 4 rings (SSSR count). The van der Waals surface area contributed by atoms with Crippen molar-refractivity contribution >= 4 is 24.8 Å². The molecule has 1 saturated heterocycles. The second kappa shape index (κ2) is 10.7. The standard InChI is InChI=1S/C29H28BNO7/c1-19(33)34-27-17-24(10-12-25(27)30-37-28(2,3)29(4,5)38-30)36-26-13-11-23(16-21(26)14-15-32)35-22-8-6-20(18-31)7-9-22/h6-13,15-17H,14H2,1-5H3. The Morgan fingerprint density at radius 1 is 0.895 bits per heavy atom. The molecule has 1 fully saturated rings. The highest BCUT2D eigenvalue weighted by Gasteiger charge is 2.52. The van der Waals surface area contributed by atoms with E-state index < -0.39 is 24.3 Å². The molecule has 0 aromatic heterocycles. The molecule has 0 saturated carbocycles. The number of carbonyl (C=O) groups is 2. The maximum Gasteiger partial charge on any atom is 0.498 e. The van der Waals surface area contributed by atoms with Crippen LogP contribution < -0.4 is 19.7 Å². The molecular weight excluding hydrogens is 485 g/mol. The average Bonchev–Trinajstić information content (AvgIpc) is 3.07. The van der Waals surface area contributed by atoms with Crippen LogP contribution in [0.15, 0.2) is 60.7 Å². The van der Waals surface area contributed by atoms with Crippen molar-refractivity contribution < 1.29 is 33.1 Å². The SMILES string of the molecule is CC(=O)Oc1cc(Oc2ccc(Oc3ccc(C#N)cc3)cc2CC=O)ccc1B1OC(C)(C)C(C)(C)O1. The van der Waals surface area contributed by atoms with E-state index in [4.69, 9.17) is 28.8 Å². The molecule has 1 heterocycles. The topological polar surface area (TPSA) is 104 Å². The van der Waals surface area contributed by atoms with Gasteiger partial charge in [-0.05, 0) is 76.2 Å². The van der Waals surface area contributed by atoms with Crippen LogP contribution in [0.2, 0.25) is 0 Å². The van der Waals surface area contributed by atoms with Crippen molar-refractivity contribution in [1.29, 1.82) is 5.26 Å². The van der Waals surface area contributed by atoms with Gasteiger partial charge in [-0.2, -0.15) is 5.26 Å². The molecule has 1 aliphatic rings. The molecule has 0 amide bonds. The van der Waals surface area contributed by atoms with Gasteiger partial charge in [0.1, 0.15) is 35.0 Å². The number of carbonyl (C=O) groups excluding carboxylic acids is 2. The Bertz CT molecular complexity index is 1380. The highest BCUT2D eigenvalue weighted by molar-refractivity contribution is 6.63. The minimum Gasteiger partial charge on any atom is -0.457 e. The van der Waals surface area contributed by atoms with Gasteiger partial charge in [0, 0.05) is 30.4 Å². The van der Waals surface area contributed by atoms with Gasteiger partial charge >= 0.3 is 13.1 Å². The molecule has 0 aliphatic carbocycles. The first-order valence-corrected chi connectivity index (χ1v) is 12.1. The first-order valence-electron chi connectivity index (χ1n) is 12.1. The number of aldehydes is 1. The van der Waals surface area contributed by atoms with Gasteiger partial charge in [0.2, 0.25) is 0 Å². The number of nitriles is 1. The lowest BCUT2D eigenvalue weighted by molar-refractivity contribution is -0.131. The van der Waals surface area contributed by atoms with Gasteiger partial charge in [-0.15, -0.1) is 0 Å². The molecule has 38 heavy (non-hydrogen) atoms. The Kier molecular flexibility index (Phi) is 7.58. The van der Waals surface area contributed by atoms with E-state index in [2.05, 4.69) is 6.07 Å². The van der Waals surface area contributed by atoms with Gasteiger partial charge in [0.05, 0.1) is 22.8 Å². The maximum absolute atomic E-state index is 11.9. The first-order chi connectivity index (χ1) is 18.0. The van der Waals surface area contributed by atoms with E-state index >= 15 is 0 Å². The van der Waals surface area contributed by atoms with Crippen LogP contribution in [-0.4, -0.2) is 30.6 Å². The third-order valence-electron chi connectivity index (χ3n) is 6.53. The summed E-state index contributed by atoms with van der Waals surface area (Å²) < 4.78 is 29.7. The fourth-order valence-electron chi connectivity index (χ4n) is 3.81.